The van der Waals surface area contributed by atoms with Crippen LogP contribution >= 0.6 is 23.2 Å². The minimum Gasteiger partial charge on any atom is -0.396 e. The number of nitrogens with one attached hydrogen (secondary N) is 1. The van der Waals surface area contributed by atoms with Gasteiger partial charge in [-0.25, -0.2) is 0 Å². The topological polar surface area (TPSA) is 52.6 Å². The number of likely N-dealkylation sites (tertiary alicyclic amines) is 1. The van der Waals surface area contributed by atoms with E-state index in [1.54, 1.807) is 18.2 Å². The molecular formula is C13H16Cl2N2O2. The van der Waals surface area contributed by atoms with Gasteiger partial charge in [0.05, 0.1) is 10.7 Å². The van der Waals surface area contributed by atoms with E-state index in [0.29, 0.717) is 34.6 Å². The summed E-state index contributed by atoms with van der Waals surface area (Å²) in [5.41, 5.74) is 0.538. The van der Waals surface area contributed by atoms with Crippen molar-refractivity contribution in [2.75, 3.05) is 31.6 Å². The van der Waals surface area contributed by atoms with Crippen molar-refractivity contribution >= 4 is 34.8 Å². The van der Waals surface area contributed by atoms with Gasteiger partial charge in [-0.05, 0) is 18.2 Å². The molecule has 1 aromatic rings. The predicted octanol–water partition coefficient (Wildman–Crippen LogP) is 2.25. The van der Waals surface area contributed by atoms with Crippen LogP contribution in [0.1, 0.15) is 6.42 Å². The Balaban J connectivity index is 1.77. The SMILES string of the molecule is O=C(CCN1CC(CO)C1)Nc1cc(Cl)ccc1Cl. The van der Waals surface area contributed by atoms with Gasteiger partial charge < -0.3 is 15.3 Å². The number of rotatable bonds is 5. The lowest BCUT2D eigenvalue weighted by molar-refractivity contribution is -0.116. The molecule has 6 heteroatoms. The quantitative estimate of drug-likeness (QED) is 0.877. The van der Waals surface area contributed by atoms with Gasteiger partial charge in [-0.15, -0.1) is 0 Å². The highest BCUT2D eigenvalue weighted by molar-refractivity contribution is 6.35. The molecule has 2 rings (SSSR count). The van der Waals surface area contributed by atoms with Crippen LogP contribution in [0.4, 0.5) is 5.69 Å². The van der Waals surface area contributed by atoms with Crippen molar-refractivity contribution in [1.82, 2.24) is 4.90 Å². The molecule has 4 nitrogen and oxygen atoms in total. The van der Waals surface area contributed by atoms with E-state index >= 15 is 0 Å². The van der Waals surface area contributed by atoms with Gasteiger partial charge in [0.1, 0.15) is 0 Å². The highest BCUT2D eigenvalue weighted by Crippen LogP contribution is 2.25. The van der Waals surface area contributed by atoms with E-state index in [2.05, 4.69) is 10.2 Å². The third kappa shape index (κ3) is 4.08. The number of hydrogen-bond donors (Lipinski definition) is 2. The number of aliphatic hydroxyl groups is 1. The fraction of sp³-hybridized carbons (Fsp3) is 0.462. The van der Waals surface area contributed by atoms with Gasteiger partial charge in [-0.3, -0.25) is 4.79 Å². The number of nitrogens with zero attached hydrogens (tertiary/aromatic N) is 1. The van der Waals surface area contributed by atoms with Gasteiger partial charge in [0.2, 0.25) is 5.91 Å². The summed E-state index contributed by atoms with van der Waals surface area (Å²) in [6.45, 7) is 2.64. The first-order valence-electron chi connectivity index (χ1n) is 6.16. The number of anilines is 1. The van der Waals surface area contributed by atoms with Gasteiger partial charge >= 0.3 is 0 Å². The Morgan fingerprint density at radius 1 is 1.42 bits per heavy atom. The van der Waals surface area contributed by atoms with Crippen molar-refractivity contribution in [3.05, 3.63) is 28.2 Å². The molecule has 0 unspecified atom stereocenters. The molecule has 1 heterocycles. The number of benzene rings is 1. The number of hydrogen-bond acceptors (Lipinski definition) is 3. The van der Waals surface area contributed by atoms with Crippen LogP contribution in [0, 0.1) is 5.92 Å². The normalized spacial score (nSPS) is 16.2. The first kappa shape index (κ1) is 14.6. The smallest absolute Gasteiger partial charge is 0.225 e. The van der Waals surface area contributed by atoms with Gasteiger partial charge in [-0.2, -0.15) is 0 Å². The average Bonchev–Trinajstić information content (AvgIpc) is 2.32. The molecule has 1 fully saturated rings. The molecule has 0 radical (unpaired) electrons. The summed E-state index contributed by atoms with van der Waals surface area (Å²) in [7, 11) is 0. The van der Waals surface area contributed by atoms with Crippen molar-refractivity contribution in [2.45, 2.75) is 6.42 Å². The highest BCUT2D eigenvalue weighted by Gasteiger charge is 2.25. The third-order valence-electron chi connectivity index (χ3n) is 3.15. The lowest BCUT2D eigenvalue weighted by Gasteiger charge is -2.38. The number of carbonyl (C=O) groups excluding carboxylic acids is 1. The summed E-state index contributed by atoms with van der Waals surface area (Å²) in [6.07, 6.45) is 0.404. The van der Waals surface area contributed by atoms with E-state index < -0.39 is 0 Å². The van der Waals surface area contributed by atoms with Crippen LogP contribution in [-0.2, 0) is 4.79 Å². The van der Waals surface area contributed by atoms with Crippen molar-refractivity contribution in [3.63, 3.8) is 0 Å². The summed E-state index contributed by atoms with van der Waals surface area (Å²) in [5, 5.41) is 12.7. The summed E-state index contributed by atoms with van der Waals surface area (Å²) in [6, 6.07) is 4.96. The Hall–Kier alpha value is -0.810. The van der Waals surface area contributed by atoms with E-state index in [1.165, 1.54) is 0 Å². The first-order valence-corrected chi connectivity index (χ1v) is 6.92. The molecule has 1 aliphatic heterocycles. The molecule has 0 spiro atoms. The monoisotopic (exact) mass is 302 g/mol. The zero-order chi connectivity index (χ0) is 13.8. The summed E-state index contributed by atoms with van der Waals surface area (Å²) in [5.74, 6) is 0.280. The second-order valence-corrected chi connectivity index (χ2v) is 5.57. The molecule has 0 atom stereocenters. The second kappa shape index (κ2) is 6.57. The van der Waals surface area contributed by atoms with E-state index in [1.807, 2.05) is 0 Å². The number of carbonyl (C=O) groups is 1. The zero-order valence-corrected chi connectivity index (χ0v) is 11.9. The lowest BCUT2D eigenvalue weighted by Crippen LogP contribution is -2.49. The Labute approximate surface area is 122 Å². The van der Waals surface area contributed by atoms with Crippen molar-refractivity contribution in [3.8, 4) is 0 Å². The van der Waals surface area contributed by atoms with Crippen LogP contribution < -0.4 is 5.32 Å². The maximum atomic E-state index is 11.8. The van der Waals surface area contributed by atoms with Crippen LogP contribution in [0.25, 0.3) is 0 Å². The summed E-state index contributed by atoms with van der Waals surface area (Å²) < 4.78 is 0. The number of amides is 1. The maximum Gasteiger partial charge on any atom is 0.225 e. The minimum atomic E-state index is -0.0865. The molecule has 0 bridgehead atoms. The molecule has 1 aromatic carbocycles. The van der Waals surface area contributed by atoms with Gasteiger partial charge in [0, 0.05) is 43.6 Å². The number of aliphatic hydroxyl groups excluding tert-OH is 1. The second-order valence-electron chi connectivity index (χ2n) is 4.73. The lowest BCUT2D eigenvalue weighted by atomic mass is 10.0. The highest BCUT2D eigenvalue weighted by atomic mass is 35.5. The number of halogens is 2. The largest absolute Gasteiger partial charge is 0.396 e. The molecule has 1 amide bonds. The summed E-state index contributed by atoms with van der Waals surface area (Å²) >= 11 is 11.8. The zero-order valence-electron chi connectivity index (χ0n) is 10.4. The third-order valence-corrected chi connectivity index (χ3v) is 3.71. The average molecular weight is 303 g/mol. The van der Waals surface area contributed by atoms with Crippen LogP contribution in [0.3, 0.4) is 0 Å². The van der Waals surface area contributed by atoms with Crippen molar-refractivity contribution in [1.29, 1.82) is 0 Å². The van der Waals surface area contributed by atoms with Crippen LogP contribution in [0.15, 0.2) is 18.2 Å². The Kier molecular flexibility index (Phi) is 5.05. The molecule has 1 saturated heterocycles. The predicted molar refractivity (Wildman–Crippen MR) is 76.7 cm³/mol. The summed E-state index contributed by atoms with van der Waals surface area (Å²) in [4.78, 5) is 13.9. The minimum absolute atomic E-state index is 0.0865. The fourth-order valence-electron chi connectivity index (χ4n) is 2.04. The molecule has 0 aromatic heterocycles. The van der Waals surface area contributed by atoms with Crippen molar-refractivity contribution in [2.24, 2.45) is 5.92 Å². The van der Waals surface area contributed by atoms with E-state index in [4.69, 9.17) is 28.3 Å². The Bertz CT molecular complexity index is 462. The maximum absolute atomic E-state index is 11.8. The molecule has 2 N–H and O–H groups in total. The van der Waals surface area contributed by atoms with Crippen LogP contribution in [0.5, 0.6) is 0 Å². The van der Waals surface area contributed by atoms with Gasteiger partial charge in [0.25, 0.3) is 0 Å². The van der Waals surface area contributed by atoms with Crippen LogP contribution in [0.2, 0.25) is 10.0 Å². The molecule has 104 valence electrons. The molecular weight excluding hydrogens is 287 g/mol. The standard InChI is InChI=1S/C13H16Cl2N2O2/c14-10-1-2-11(15)12(5-10)16-13(19)3-4-17-6-9(7-17)8-18/h1-2,5,9,18H,3-4,6-8H2,(H,16,19). The first-order chi connectivity index (χ1) is 9.08. The fourth-order valence-corrected chi connectivity index (χ4v) is 2.38. The Morgan fingerprint density at radius 2 is 2.16 bits per heavy atom. The van der Waals surface area contributed by atoms with Gasteiger partial charge in [0.15, 0.2) is 0 Å². The van der Waals surface area contributed by atoms with E-state index in [-0.39, 0.29) is 12.5 Å². The van der Waals surface area contributed by atoms with E-state index in [9.17, 15) is 4.79 Å². The molecule has 0 aliphatic carbocycles. The molecule has 1 aliphatic rings. The molecule has 0 saturated carbocycles. The van der Waals surface area contributed by atoms with Gasteiger partial charge in [-0.1, -0.05) is 23.2 Å². The van der Waals surface area contributed by atoms with Crippen LogP contribution in [-0.4, -0.2) is 42.2 Å². The molecule has 19 heavy (non-hydrogen) atoms. The van der Waals surface area contributed by atoms with Crippen molar-refractivity contribution < 1.29 is 9.90 Å². The Morgan fingerprint density at radius 3 is 2.84 bits per heavy atom. The van der Waals surface area contributed by atoms with E-state index in [0.717, 1.165) is 13.1 Å².